The zero-order chi connectivity index (χ0) is 16.2. The van der Waals surface area contributed by atoms with E-state index in [2.05, 4.69) is 33.5 Å². The van der Waals surface area contributed by atoms with Gasteiger partial charge in [0.15, 0.2) is 0 Å². The van der Waals surface area contributed by atoms with Gasteiger partial charge in [-0.3, -0.25) is 0 Å². The summed E-state index contributed by atoms with van der Waals surface area (Å²) >= 11 is 0. The van der Waals surface area contributed by atoms with Crippen molar-refractivity contribution in [2.45, 2.75) is 38.0 Å². The van der Waals surface area contributed by atoms with E-state index < -0.39 is 0 Å². The predicted molar refractivity (Wildman–Crippen MR) is 100 cm³/mol. The van der Waals surface area contributed by atoms with Crippen molar-refractivity contribution in [3.8, 4) is 22.6 Å². The molecular weight excluding hydrogens is 303 g/mol. The molecular formula is C20H25O2P. The van der Waals surface area contributed by atoms with E-state index in [1.165, 1.54) is 43.2 Å². The van der Waals surface area contributed by atoms with Crippen molar-refractivity contribution in [3.05, 3.63) is 42.0 Å². The highest BCUT2D eigenvalue weighted by Gasteiger charge is 2.23. The maximum Gasteiger partial charge on any atom is 0.137 e. The van der Waals surface area contributed by atoms with Gasteiger partial charge in [0.25, 0.3) is 0 Å². The number of ether oxygens (including phenoxy) is 2. The Morgan fingerprint density at radius 2 is 1.65 bits per heavy atom. The molecule has 2 aromatic carbocycles. The summed E-state index contributed by atoms with van der Waals surface area (Å²) in [7, 11) is 6.22. The third-order valence-electron chi connectivity index (χ3n) is 4.85. The molecule has 0 aliphatic heterocycles. The van der Waals surface area contributed by atoms with Gasteiger partial charge < -0.3 is 9.47 Å². The van der Waals surface area contributed by atoms with Crippen LogP contribution in [0.4, 0.5) is 0 Å². The molecule has 3 heteroatoms. The Morgan fingerprint density at radius 3 is 2.35 bits per heavy atom. The van der Waals surface area contributed by atoms with Crippen molar-refractivity contribution in [1.29, 1.82) is 0 Å². The van der Waals surface area contributed by atoms with Crippen LogP contribution in [0.3, 0.4) is 0 Å². The lowest BCUT2D eigenvalue weighted by Gasteiger charge is -2.26. The first-order valence-electron chi connectivity index (χ1n) is 8.36. The van der Waals surface area contributed by atoms with E-state index in [-0.39, 0.29) is 0 Å². The molecule has 1 fully saturated rings. The molecule has 0 amide bonds. The molecule has 122 valence electrons. The Balaban J connectivity index is 2.17. The fourth-order valence-corrected chi connectivity index (χ4v) is 4.08. The Labute approximate surface area is 141 Å². The molecule has 23 heavy (non-hydrogen) atoms. The first-order valence-corrected chi connectivity index (χ1v) is 8.93. The number of rotatable bonds is 4. The lowest BCUT2D eigenvalue weighted by atomic mass is 9.80. The fraction of sp³-hybridized carbons (Fsp3) is 0.400. The third-order valence-corrected chi connectivity index (χ3v) is 5.30. The molecule has 1 aliphatic carbocycles. The van der Waals surface area contributed by atoms with Crippen molar-refractivity contribution in [2.75, 3.05) is 14.2 Å². The van der Waals surface area contributed by atoms with Gasteiger partial charge in [0, 0.05) is 5.30 Å². The Hall–Kier alpha value is -1.53. The zero-order valence-electron chi connectivity index (χ0n) is 14.0. The lowest BCUT2D eigenvalue weighted by molar-refractivity contribution is 0.399. The maximum atomic E-state index is 5.71. The first kappa shape index (κ1) is 16.3. The van der Waals surface area contributed by atoms with Crippen LogP contribution in [0.2, 0.25) is 0 Å². The summed E-state index contributed by atoms with van der Waals surface area (Å²) in [5.74, 6) is 2.40. The largest absolute Gasteiger partial charge is 0.496 e. The second-order valence-corrected chi connectivity index (χ2v) is 6.81. The average molecular weight is 328 g/mol. The normalized spacial score (nSPS) is 15.4. The van der Waals surface area contributed by atoms with Gasteiger partial charge in [0.2, 0.25) is 0 Å². The van der Waals surface area contributed by atoms with E-state index in [0.717, 1.165) is 22.4 Å². The Morgan fingerprint density at radius 1 is 0.913 bits per heavy atom. The molecule has 3 rings (SSSR count). The zero-order valence-corrected chi connectivity index (χ0v) is 15.1. The average Bonchev–Trinajstić information content (AvgIpc) is 2.62. The molecule has 0 saturated heterocycles. The molecule has 0 aromatic heterocycles. The topological polar surface area (TPSA) is 18.5 Å². The van der Waals surface area contributed by atoms with Gasteiger partial charge in [-0.25, -0.2) is 0 Å². The van der Waals surface area contributed by atoms with Crippen LogP contribution in [-0.2, 0) is 0 Å². The standard InChI is InChI=1S/C20H25O2P/c1-21-17-12-13-18(23)20(22-2)19(17)16-11-7-6-10-15(16)14-8-4-3-5-9-14/h6-7,10-14H,3-5,8-9,23H2,1-2H3. The summed E-state index contributed by atoms with van der Waals surface area (Å²) in [5, 5.41) is 1.06. The first-order chi connectivity index (χ1) is 11.3. The van der Waals surface area contributed by atoms with Gasteiger partial charge in [-0.1, -0.05) is 43.5 Å². The molecule has 2 aromatic rings. The number of benzene rings is 2. The van der Waals surface area contributed by atoms with Crippen LogP contribution < -0.4 is 14.8 Å². The van der Waals surface area contributed by atoms with Crippen LogP contribution in [0, 0.1) is 0 Å². The molecule has 0 radical (unpaired) electrons. The quantitative estimate of drug-likeness (QED) is 0.742. The number of hydrogen-bond acceptors (Lipinski definition) is 2. The van der Waals surface area contributed by atoms with Crippen molar-refractivity contribution in [1.82, 2.24) is 0 Å². The van der Waals surface area contributed by atoms with E-state index in [1.807, 2.05) is 12.1 Å². The van der Waals surface area contributed by atoms with Crippen LogP contribution in [0.15, 0.2) is 36.4 Å². The Kier molecular flexibility index (Phi) is 5.23. The van der Waals surface area contributed by atoms with Gasteiger partial charge in [-0.05, 0) is 42.0 Å². The molecule has 0 heterocycles. The highest BCUT2D eigenvalue weighted by Crippen LogP contribution is 2.44. The van der Waals surface area contributed by atoms with Crippen LogP contribution in [0.1, 0.15) is 43.6 Å². The summed E-state index contributed by atoms with van der Waals surface area (Å²) in [5.41, 5.74) is 3.75. The SMILES string of the molecule is COc1ccc(P)c(OC)c1-c1ccccc1C1CCCCC1. The van der Waals surface area contributed by atoms with E-state index >= 15 is 0 Å². The third kappa shape index (κ3) is 3.23. The predicted octanol–water partition coefficient (Wildman–Crippen LogP) is 4.92. The van der Waals surface area contributed by atoms with Crippen LogP contribution >= 0.6 is 9.24 Å². The Bertz CT molecular complexity index is 675. The monoisotopic (exact) mass is 328 g/mol. The smallest absolute Gasteiger partial charge is 0.137 e. The molecule has 0 spiro atoms. The van der Waals surface area contributed by atoms with Crippen LogP contribution in [-0.4, -0.2) is 14.2 Å². The van der Waals surface area contributed by atoms with E-state index in [4.69, 9.17) is 9.47 Å². The van der Waals surface area contributed by atoms with Gasteiger partial charge in [0.1, 0.15) is 11.5 Å². The fourth-order valence-electron chi connectivity index (χ4n) is 3.72. The van der Waals surface area contributed by atoms with Crippen molar-refractivity contribution < 1.29 is 9.47 Å². The minimum absolute atomic E-state index is 0.641. The molecule has 1 aliphatic rings. The van der Waals surface area contributed by atoms with Gasteiger partial charge in [-0.15, -0.1) is 9.24 Å². The minimum Gasteiger partial charge on any atom is -0.496 e. The summed E-state index contributed by atoms with van der Waals surface area (Å²) in [6.07, 6.45) is 6.59. The molecule has 1 saturated carbocycles. The second-order valence-electron chi connectivity index (χ2n) is 6.19. The van der Waals surface area contributed by atoms with E-state index in [9.17, 15) is 0 Å². The van der Waals surface area contributed by atoms with Crippen LogP contribution in [0.5, 0.6) is 11.5 Å². The molecule has 1 unspecified atom stereocenters. The molecule has 2 nitrogen and oxygen atoms in total. The van der Waals surface area contributed by atoms with Crippen molar-refractivity contribution in [3.63, 3.8) is 0 Å². The summed E-state index contributed by atoms with van der Waals surface area (Å²) in [6.45, 7) is 0. The van der Waals surface area contributed by atoms with Crippen LogP contribution in [0.25, 0.3) is 11.1 Å². The van der Waals surface area contributed by atoms with E-state index in [1.54, 1.807) is 14.2 Å². The molecule has 0 bridgehead atoms. The number of methoxy groups -OCH3 is 2. The van der Waals surface area contributed by atoms with Crippen molar-refractivity contribution in [2.24, 2.45) is 0 Å². The lowest BCUT2D eigenvalue weighted by Crippen LogP contribution is -2.08. The van der Waals surface area contributed by atoms with Crippen molar-refractivity contribution >= 4 is 14.5 Å². The minimum atomic E-state index is 0.641. The molecule has 1 atom stereocenters. The highest BCUT2D eigenvalue weighted by atomic mass is 31.0. The summed E-state index contributed by atoms with van der Waals surface area (Å²) < 4.78 is 11.4. The van der Waals surface area contributed by atoms with E-state index in [0.29, 0.717) is 5.92 Å². The second kappa shape index (κ2) is 7.36. The molecule has 0 N–H and O–H groups in total. The van der Waals surface area contributed by atoms with Gasteiger partial charge >= 0.3 is 0 Å². The highest BCUT2D eigenvalue weighted by molar-refractivity contribution is 7.27. The summed E-state index contributed by atoms with van der Waals surface area (Å²) in [4.78, 5) is 0. The summed E-state index contributed by atoms with van der Waals surface area (Å²) in [6, 6.07) is 12.8. The number of hydrogen-bond donors (Lipinski definition) is 0. The maximum absolute atomic E-state index is 5.71. The van der Waals surface area contributed by atoms with Gasteiger partial charge in [0.05, 0.1) is 19.8 Å². The van der Waals surface area contributed by atoms with Gasteiger partial charge in [-0.2, -0.15) is 0 Å².